The average molecular weight is 327 g/mol. The zero-order valence-corrected chi connectivity index (χ0v) is 14.9. The molecule has 0 aliphatic rings. The fourth-order valence-corrected chi connectivity index (χ4v) is 2.21. The molecule has 22 heavy (non-hydrogen) atoms. The van der Waals surface area contributed by atoms with Crippen molar-refractivity contribution in [2.75, 3.05) is 0 Å². The van der Waals surface area contributed by atoms with E-state index >= 15 is 0 Å². The van der Waals surface area contributed by atoms with Crippen LogP contribution in [0.2, 0.25) is 0 Å². The summed E-state index contributed by atoms with van der Waals surface area (Å²) in [6.45, 7) is 1.59. The van der Waals surface area contributed by atoms with Crippen molar-refractivity contribution >= 4 is 11.6 Å². The van der Waals surface area contributed by atoms with Crippen molar-refractivity contribution in [3.63, 3.8) is 0 Å². The number of hydrogen-bond donors (Lipinski definition) is 0. The third kappa shape index (κ3) is 2.84. The third-order valence-corrected chi connectivity index (χ3v) is 3.10. The SMILES string of the molecule is Cc1nn2c(C(=O)[O-])ccnc2c1-c1ccc(F)cc1F.[K+]. The van der Waals surface area contributed by atoms with Crippen LogP contribution in [0.1, 0.15) is 16.2 Å². The van der Waals surface area contributed by atoms with Crippen LogP contribution in [0, 0.1) is 18.6 Å². The molecule has 3 aromatic rings. The number of carboxylic acids is 1. The molecule has 0 N–H and O–H groups in total. The molecule has 3 rings (SSSR count). The van der Waals surface area contributed by atoms with Crippen LogP contribution in [-0.4, -0.2) is 20.6 Å². The van der Waals surface area contributed by atoms with Gasteiger partial charge in [-0.2, -0.15) is 5.10 Å². The standard InChI is InChI=1S/C14H9F2N3O2.K/c1-7-12(9-3-2-8(15)6-10(9)16)13-17-5-4-11(14(20)21)19(13)18-7;/h2-6H,1H3,(H,20,21);/q;+1/p-1. The Labute approximate surface area is 166 Å². The zero-order valence-electron chi connectivity index (χ0n) is 11.8. The van der Waals surface area contributed by atoms with Crippen LogP contribution in [0.15, 0.2) is 30.5 Å². The van der Waals surface area contributed by atoms with E-state index in [0.717, 1.165) is 16.6 Å². The summed E-state index contributed by atoms with van der Waals surface area (Å²) in [5.41, 5.74) is 0.765. The fraction of sp³-hybridized carbons (Fsp3) is 0.0714. The van der Waals surface area contributed by atoms with Crippen LogP contribution in [0.4, 0.5) is 8.78 Å². The van der Waals surface area contributed by atoms with E-state index in [1.165, 1.54) is 18.3 Å². The van der Waals surface area contributed by atoms with Crippen LogP contribution in [0.3, 0.4) is 0 Å². The van der Waals surface area contributed by atoms with Gasteiger partial charge in [0.15, 0.2) is 5.65 Å². The summed E-state index contributed by atoms with van der Waals surface area (Å²) < 4.78 is 28.0. The molecule has 0 spiro atoms. The van der Waals surface area contributed by atoms with Crippen molar-refractivity contribution in [3.05, 3.63) is 53.5 Å². The van der Waals surface area contributed by atoms with Gasteiger partial charge in [0.05, 0.1) is 22.9 Å². The van der Waals surface area contributed by atoms with Crippen molar-refractivity contribution in [1.82, 2.24) is 14.6 Å². The molecular weight excluding hydrogens is 319 g/mol. The minimum absolute atomic E-state index is 0. The van der Waals surface area contributed by atoms with Gasteiger partial charge in [-0.15, -0.1) is 0 Å². The maximum absolute atomic E-state index is 13.9. The molecule has 0 saturated carbocycles. The van der Waals surface area contributed by atoms with E-state index in [-0.39, 0.29) is 68.3 Å². The predicted molar refractivity (Wildman–Crippen MR) is 67.4 cm³/mol. The molecule has 0 aliphatic carbocycles. The molecule has 0 bridgehead atoms. The van der Waals surface area contributed by atoms with E-state index in [9.17, 15) is 18.7 Å². The Morgan fingerprint density at radius 1 is 1.27 bits per heavy atom. The first-order valence-corrected chi connectivity index (χ1v) is 6.00. The molecule has 2 aromatic heterocycles. The summed E-state index contributed by atoms with van der Waals surface area (Å²) >= 11 is 0. The molecule has 0 unspecified atom stereocenters. The number of nitrogens with zero attached hydrogens (tertiary/aromatic N) is 3. The average Bonchev–Trinajstić information content (AvgIpc) is 2.74. The number of benzene rings is 1. The van der Waals surface area contributed by atoms with Crippen LogP contribution >= 0.6 is 0 Å². The largest absolute Gasteiger partial charge is 1.00 e. The monoisotopic (exact) mass is 327 g/mol. The summed E-state index contributed by atoms with van der Waals surface area (Å²) in [6.07, 6.45) is 1.27. The number of carboxylic acid groups (broad SMARTS) is 1. The van der Waals surface area contributed by atoms with Gasteiger partial charge in [0.25, 0.3) is 0 Å². The molecule has 0 atom stereocenters. The summed E-state index contributed by atoms with van der Waals surface area (Å²) in [6, 6.07) is 4.37. The number of aromatic carboxylic acids is 1. The molecule has 0 saturated heterocycles. The Bertz CT molecular complexity index is 880. The third-order valence-electron chi connectivity index (χ3n) is 3.10. The Balaban J connectivity index is 0.00000176. The van der Waals surface area contributed by atoms with Gasteiger partial charge in [0.2, 0.25) is 0 Å². The smallest absolute Gasteiger partial charge is 0.543 e. The van der Waals surface area contributed by atoms with E-state index in [1.54, 1.807) is 6.92 Å². The molecule has 0 fully saturated rings. The number of carbonyl (C=O) groups is 1. The molecule has 0 amide bonds. The number of aromatic nitrogens is 3. The first-order chi connectivity index (χ1) is 9.99. The topological polar surface area (TPSA) is 70.3 Å². The van der Waals surface area contributed by atoms with E-state index in [4.69, 9.17) is 0 Å². The van der Waals surface area contributed by atoms with Gasteiger partial charge < -0.3 is 9.90 Å². The van der Waals surface area contributed by atoms with Gasteiger partial charge in [-0.1, -0.05) is 0 Å². The minimum atomic E-state index is -1.42. The van der Waals surface area contributed by atoms with Crippen LogP contribution < -0.4 is 56.5 Å². The Kier molecular flexibility index (Phi) is 5.08. The van der Waals surface area contributed by atoms with Crippen molar-refractivity contribution < 1.29 is 70.1 Å². The van der Waals surface area contributed by atoms with Gasteiger partial charge >= 0.3 is 51.4 Å². The fourth-order valence-electron chi connectivity index (χ4n) is 2.21. The summed E-state index contributed by atoms with van der Waals surface area (Å²) in [5.74, 6) is -2.89. The van der Waals surface area contributed by atoms with Crippen molar-refractivity contribution in [2.45, 2.75) is 6.92 Å². The number of carbonyl (C=O) groups excluding carboxylic acids is 1. The Morgan fingerprint density at radius 3 is 2.64 bits per heavy atom. The van der Waals surface area contributed by atoms with E-state index in [2.05, 4.69) is 10.1 Å². The maximum atomic E-state index is 13.9. The first-order valence-electron chi connectivity index (χ1n) is 6.00. The zero-order chi connectivity index (χ0) is 15.1. The second kappa shape index (κ2) is 6.51. The van der Waals surface area contributed by atoms with E-state index < -0.39 is 17.6 Å². The molecule has 0 aliphatic heterocycles. The van der Waals surface area contributed by atoms with Gasteiger partial charge in [-0.3, -0.25) is 0 Å². The van der Waals surface area contributed by atoms with Gasteiger partial charge in [0, 0.05) is 17.8 Å². The molecular formula is C14H8F2KN3O2. The van der Waals surface area contributed by atoms with Crippen molar-refractivity contribution in [1.29, 1.82) is 0 Å². The van der Waals surface area contributed by atoms with Crippen molar-refractivity contribution in [3.8, 4) is 11.1 Å². The molecule has 1 aromatic carbocycles. The number of hydrogen-bond acceptors (Lipinski definition) is 4. The first kappa shape index (κ1) is 17.2. The number of rotatable bonds is 2. The molecule has 2 heterocycles. The Hall–Kier alpha value is -1.19. The van der Waals surface area contributed by atoms with Crippen LogP contribution in [0.5, 0.6) is 0 Å². The van der Waals surface area contributed by atoms with Gasteiger partial charge in [-0.05, 0) is 25.1 Å². The van der Waals surface area contributed by atoms with Crippen LogP contribution in [0.25, 0.3) is 16.8 Å². The molecule has 106 valence electrons. The number of fused-ring (bicyclic) bond motifs is 1. The number of halogens is 2. The van der Waals surface area contributed by atoms with E-state index in [0.29, 0.717) is 11.3 Å². The second-order valence-corrected chi connectivity index (χ2v) is 4.44. The van der Waals surface area contributed by atoms with Crippen molar-refractivity contribution in [2.24, 2.45) is 0 Å². The summed E-state index contributed by atoms with van der Waals surface area (Å²) in [7, 11) is 0. The van der Waals surface area contributed by atoms with Gasteiger partial charge in [0.1, 0.15) is 11.6 Å². The Morgan fingerprint density at radius 2 is 2.00 bits per heavy atom. The minimum Gasteiger partial charge on any atom is -0.543 e. The number of aryl methyl sites for hydroxylation is 1. The maximum Gasteiger partial charge on any atom is 1.00 e. The second-order valence-electron chi connectivity index (χ2n) is 4.44. The molecule has 5 nitrogen and oxygen atoms in total. The quantitative estimate of drug-likeness (QED) is 0.529. The van der Waals surface area contributed by atoms with Crippen LogP contribution in [-0.2, 0) is 0 Å². The molecule has 0 radical (unpaired) electrons. The van der Waals surface area contributed by atoms with Gasteiger partial charge in [-0.25, -0.2) is 18.3 Å². The molecule has 8 heteroatoms. The van der Waals surface area contributed by atoms with E-state index in [1.807, 2.05) is 0 Å². The summed E-state index contributed by atoms with van der Waals surface area (Å²) in [5, 5.41) is 15.1. The normalized spacial score (nSPS) is 10.5. The predicted octanol–water partition coefficient (Wildman–Crippen LogP) is -1.65. The summed E-state index contributed by atoms with van der Waals surface area (Å²) in [4.78, 5) is 15.1.